The van der Waals surface area contributed by atoms with Gasteiger partial charge in [0, 0.05) is 29.3 Å². The molecule has 0 atom stereocenters. The quantitative estimate of drug-likeness (QED) is 0.664. The molecule has 60 valence electrons. The van der Waals surface area contributed by atoms with Crippen LogP contribution in [0.15, 0.2) is 30.6 Å². The molecule has 2 nitrogen and oxygen atoms in total. The lowest BCUT2D eigenvalue weighted by atomic mass is 10.0. The molecule has 0 saturated heterocycles. The summed E-state index contributed by atoms with van der Waals surface area (Å²) in [5.41, 5.74) is 1.04. The van der Waals surface area contributed by atoms with Crippen LogP contribution in [0.3, 0.4) is 0 Å². The summed E-state index contributed by atoms with van der Waals surface area (Å²) in [4.78, 5) is 8.13. The minimum Gasteiger partial charge on any atom is -0.345 e. The number of allylic oxidation sites excluding steroid dienone is 4. The van der Waals surface area contributed by atoms with E-state index in [0.29, 0.717) is 0 Å². The Balaban J connectivity index is 2.40. The summed E-state index contributed by atoms with van der Waals surface area (Å²) in [6.45, 7) is 0. The molecule has 1 N–H and O–H groups in total. The molecule has 0 amide bonds. The smallest absolute Gasteiger partial charge is 0.138 e. The van der Waals surface area contributed by atoms with Crippen LogP contribution in [0.5, 0.6) is 0 Å². The van der Waals surface area contributed by atoms with Crippen LogP contribution in [0.4, 0.5) is 0 Å². The van der Waals surface area contributed by atoms with Gasteiger partial charge in [-0.2, -0.15) is 0 Å². The summed E-state index contributed by atoms with van der Waals surface area (Å²) in [5.74, 6) is 0.865. The van der Waals surface area contributed by atoms with Crippen molar-refractivity contribution < 1.29 is 0 Å². The normalized spacial score (nSPS) is 16.3. The van der Waals surface area contributed by atoms with Crippen molar-refractivity contribution in [3.05, 3.63) is 36.4 Å². The van der Waals surface area contributed by atoms with E-state index in [1.807, 2.05) is 12.2 Å². The molecule has 12 heavy (non-hydrogen) atoms. The lowest BCUT2D eigenvalue weighted by Gasteiger charge is -2.06. The SMILES string of the molecule is S=C1CC=CC=C1c1ncc[nH]1. The molecule has 1 aromatic rings. The van der Waals surface area contributed by atoms with Crippen LogP contribution in [0.2, 0.25) is 0 Å². The molecule has 1 heterocycles. The number of nitrogens with zero attached hydrogens (tertiary/aromatic N) is 1. The molecule has 0 saturated carbocycles. The number of nitrogens with one attached hydrogen (secondary N) is 1. The molecule has 3 heteroatoms. The summed E-state index contributed by atoms with van der Waals surface area (Å²) in [5, 5.41) is 0. The summed E-state index contributed by atoms with van der Waals surface area (Å²) in [6.07, 6.45) is 10.4. The van der Waals surface area contributed by atoms with Crippen LogP contribution in [-0.4, -0.2) is 14.8 Å². The van der Waals surface area contributed by atoms with Gasteiger partial charge in [0.15, 0.2) is 0 Å². The van der Waals surface area contributed by atoms with E-state index in [9.17, 15) is 0 Å². The van der Waals surface area contributed by atoms with Crippen LogP contribution in [0.1, 0.15) is 12.2 Å². The van der Waals surface area contributed by atoms with Gasteiger partial charge in [-0.15, -0.1) is 0 Å². The third kappa shape index (κ3) is 1.23. The Morgan fingerprint density at radius 1 is 1.50 bits per heavy atom. The minimum atomic E-state index is 0.849. The Morgan fingerprint density at radius 3 is 3.08 bits per heavy atom. The van der Waals surface area contributed by atoms with Crippen molar-refractivity contribution in [1.82, 2.24) is 9.97 Å². The van der Waals surface area contributed by atoms with Gasteiger partial charge in [0.2, 0.25) is 0 Å². The van der Waals surface area contributed by atoms with Crippen LogP contribution in [0.25, 0.3) is 5.57 Å². The van der Waals surface area contributed by atoms with Crippen LogP contribution in [-0.2, 0) is 0 Å². The second-order valence-corrected chi connectivity index (χ2v) is 3.07. The molecule has 0 aromatic carbocycles. The van der Waals surface area contributed by atoms with E-state index in [2.05, 4.69) is 16.0 Å². The largest absolute Gasteiger partial charge is 0.345 e. The molecule has 1 aromatic heterocycles. The molecule has 0 spiro atoms. The number of imidazole rings is 1. The highest BCUT2D eigenvalue weighted by atomic mass is 32.1. The second kappa shape index (κ2) is 3.03. The van der Waals surface area contributed by atoms with E-state index in [-0.39, 0.29) is 0 Å². The van der Waals surface area contributed by atoms with Crippen molar-refractivity contribution in [2.24, 2.45) is 0 Å². The molecular weight excluding hydrogens is 168 g/mol. The maximum absolute atomic E-state index is 5.20. The number of hydrogen-bond donors (Lipinski definition) is 1. The number of aromatic nitrogens is 2. The maximum atomic E-state index is 5.20. The molecule has 0 radical (unpaired) electrons. The zero-order valence-electron chi connectivity index (χ0n) is 6.45. The van der Waals surface area contributed by atoms with Crippen molar-refractivity contribution in [2.75, 3.05) is 0 Å². The van der Waals surface area contributed by atoms with Gasteiger partial charge in [-0.3, -0.25) is 0 Å². The molecular formula is C9H8N2S. The van der Waals surface area contributed by atoms with Crippen molar-refractivity contribution in [1.29, 1.82) is 0 Å². The van der Waals surface area contributed by atoms with Crippen molar-refractivity contribution in [3.8, 4) is 0 Å². The van der Waals surface area contributed by atoms with Crippen molar-refractivity contribution >= 4 is 22.7 Å². The van der Waals surface area contributed by atoms with E-state index in [4.69, 9.17) is 12.2 Å². The fraction of sp³-hybridized carbons (Fsp3) is 0.111. The molecule has 0 aliphatic heterocycles. The lowest BCUT2D eigenvalue weighted by Crippen LogP contribution is -2.01. The summed E-state index contributed by atoms with van der Waals surface area (Å²) in [6, 6.07) is 0. The third-order valence-electron chi connectivity index (χ3n) is 1.76. The summed E-state index contributed by atoms with van der Waals surface area (Å²) in [7, 11) is 0. The van der Waals surface area contributed by atoms with E-state index >= 15 is 0 Å². The number of aromatic amines is 1. The fourth-order valence-corrected chi connectivity index (χ4v) is 1.43. The first-order chi connectivity index (χ1) is 5.88. The van der Waals surface area contributed by atoms with Crippen LogP contribution >= 0.6 is 12.2 Å². The van der Waals surface area contributed by atoms with Gasteiger partial charge in [0.25, 0.3) is 0 Å². The number of rotatable bonds is 1. The van der Waals surface area contributed by atoms with Crippen LogP contribution < -0.4 is 0 Å². The first kappa shape index (κ1) is 7.43. The Bertz CT molecular complexity index is 347. The molecule has 0 fully saturated rings. The highest BCUT2D eigenvalue weighted by Crippen LogP contribution is 2.17. The lowest BCUT2D eigenvalue weighted by molar-refractivity contribution is 1.25. The monoisotopic (exact) mass is 176 g/mol. The molecule has 0 bridgehead atoms. The van der Waals surface area contributed by atoms with E-state index < -0.39 is 0 Å². The average molecular weight is 176 g/mol. The molecule has 0 unspecified atom stereocenters. The minimum absolute atomic E-state index is 0.849. The Morgan fingerprint density at radius 2 is 2.42 bits per heavy atom. The maximum Gasteiger partial charge on any atom is 0.138 e. The Labute approximate surface area is 76.0 Å². The molecule has 2 rings (SSSR count). The van der Waals surface area contributed by atoms with E-state index in [1.165, 1.54) is 0 Å². The van der Waals surface area contributed by atoms with Gasteiger partial charge in [-0.1, -0.05) is 30.4 Å². The highest BCUT2D eigenvalue weighted by molar-refractivity contribution is 7.81. The van der Waals surface area contributed by atoms with Crippen LogP contribution in [0, 0.1) is 0 Å². The second-order valence-electron chi connectivity index (χ2n) is 2.57. The highest BCUT2D eigenvalue weighted by Gasteiger charge is 2.09. The predicted octanol–water partition coefficient (Wildman–Crippen LogP) is 2.12. The Hall–Kier alpha value is -1.22. The average Bonchev–Trinajstić information content (AvgIpc) is 2.57. The van der Waals surface area contributed by atoms with Gasteiger partial charge in [0.05, 0.1) is 0 Å². The number of H-pyrrole nitrogens is 1. The van der Waals surface area contributed by atoms with Gasteiger partial charge >= 0.3 is 0 Å². The predicted molar refractivity (Wildman–Crippen MR) is 52.9 cm³/mol. The number of thiocarbonyl (C=S) groups is 1. The summed E-state index contributed by atoms with van der Waals surface area (Å²) >= 11 is 5.20. The molecule has 1 aliphatic carbocycles. The fourth-order valence-electron chi connectivity index (χ4n) is 1.17. The first-order valence-electron chi connectivity index (χ1n) is 3.78. The standard InChI is InChI=1S/C9H8N2S/c12-8-4-2-1-3-7(8)9-10-5-6-11-9/h1-3,5-6H,4H2,(H,10,11). The zero-order chi connectivity index (χ0) is 8.39. The van der Waals surface area contributed by atoms with Crippen molar-refractivity contribution in [2.45, 2.75) is 6.42 Å². The first-order valence-corrected chi connectivity index (χ1v) is 4.18. The van der Waals surface area contributed by atoms with Gasteiger partial charge in [0.1, 0.15) is 5.82 Å². The zero-order valence-corrected chi connectivity index (χ0v) is 7.27. The van der Waals surface area contributed by atoms with Gasteiger partial charge < -0.3 is 4.98 Å². The van der Waals surface area contributed by atoms with E-state index in [1.54, 1.807) is 12.4 Å². The molecule has 1 aliphatic rings. The van der Waals surface area contributed by atoms with E-state index in [0.717, 1.165) is 22.7 Å². The van der Waals surface area contributed by atoms with Gasteiger partial charge in [-0.25, -0.2) is 4.98 Å². The Kier molecular flexibility index (Phi) is 1.87. The topological polar surface area (TPSA) is 28.7 Å². The summed E-state index contributed by atoms with van der Waals surface area (Å²) < 4.78 is 0. The van der Waals surface area contributed by atoms with Crippen molar-refractivity contribution in [3.63, 3.8) is 0 Å². The third-order valence-corrected chi connectivity index (χ3v) is 2.14. The van der Waals surface area contributed by atoms with Gasteiger partial charge in [-0.05, 0) is 0 Å². The number of hydrogen-bond acceptors (Lipinski definition) is 2.